The van der Waals surface area contributed by atoms with E-state index in [9.17, 15) is 0 Å². The first kappa shape index (κ1) is 13.2. The predicted octanol–water partition coefficient (Wildman–Crippen LogP) is 4.44. The molecule has 0 aliphatic carbocycles. The van der Waals surface area contributed by atoms with E-state index in [0.29, 0.717) is 5.75 Å². The molecule has 0 spiro atoms. The molecule has 1 radical (unpaired) electrons. The molecule has 3 nitrogen and oxygen atoms in total. The second-order valence-electron chi connectivity index (χ2n) is 4.76. The van der Waals surface area contributed by atoms with Gasteiger partial charge in [-0.2, -0.15) is 0 Å². The second kappa shape index (κ2) is 5.69. The number of para-hydroxylation sites is 1. The van der Waals surface area contributed by atoms with E-state index in [4.69, 9.17) is 9.31 Å². The lowest BCUT2D eigenvalue weighted by Gasteiger charge is -2.09. The van der Waals surface area contributed by atoms with Crippen molar-refractivity contribution in [3.8, 4) is 11.5 Å². The number of thiazole rings is 1. The minimum atomic E-state index is 0.694. The van der Waals surface area contributed by atoms with E-state index >= 15 is 0 Å². The molecular formula is C17H11BNO2S. The summed E-state index contributed by atoms with van der Waals surface area (Å²) in [6.45, 7) is 0. The van der Waals surface area contributed by atoms with Crippen molar-refractivity contribution in [2.24, 2.45) is 0 Å². The Morgan fingerprint density at radius 1 is 0.818 bits per heavy atom. The van der Waals surface area contributed by atoms with Crippen molar-refractivity contribution < 1.29 is 9.31 Å². The van der Waals surface area contributed by atoms with E-state index in [-0.39, 0.29) is 0 Å². The van der Waals surface area contributed by atoms with E-state index in [0.717, 1.165) is 26.7 Å². The summed E-state index contributed by atoms with van der Waals surface area (Å²) in [7, 11) is 1.36. The van der Waals surface area contributed by atoms with E-state index in [2.05, 4.69) is 17.1 Å². The summed E-state index contributed by atoms with van der Waals surface area (Å²) in [5.74, 6) is 1.46. The van der Waals surface area contributed by atoms with Crippen LogP contribution in [0.3, 0.4) is 0 Å². The molecule has 0 N–H and O–H groups in total. The Hall–Kier alpha value is -2.53. The van der Waals surface area contributed by atoms with Gasteiger partial charge in [-0.15, -0.1) is 11.3 Å². The average Bonchev–Trinajstić information content (AvgIpc) is 3.05. The zero-order chi connectivity index (χ0) is 14.8. The number of aromatic nitrogens is 1. The minimum absolute atomic E-state index is 0.694. The third-order valence-corrected chi connectivity index (χ3v) is 4.22. The highest BCUT2D eigenvalue weighted by Crippen LogP contribution is 2.28. The monoisotopic (exact) mass is 304 g/mol. The number of nitrogens with zero attached hydrogens (tertiary/aromatic N) is 1. The van der Waals surface area contributed by atoms with Gasteiger partial charge in [-0.1, -0.05) is 42.5 Å². The van der Waals surface area contributed by atoms with Gasteiger partial charge in [0.05, 0.1) is 10.2 Å². The first-order valence-electron chi connectivity index (χ1n) is 6.87. The first-order valence-corrected chi connectivity index (χ1v) is 7.75. The fourth-order valence-corrected chi connectivity index (χ4v) is 3.08. The number of fused-ring (bicyclic) bond motifs is 2. The van der Waals surface area contributed by atoms with Crippen molar-refractivity contribution in [2.75, 3.05) is 0 Å². The van der Waals surface area contributed by atoms with Crippen LogP contribution < -0.4 is 9.31 Å². The molecule has 1 heterocycles. The molecular weight excluding hydrogens is 293 g/mol. The summed E-state index contributed by atoms with van der Waals surface area (Å²) in [5, 5.41) is 2.19. The Balaban J connectivity index is 1.54. The number of hydrogen-bond donors (Lipinski definition) is 0. The molecule has 0 saturated heterocycles. The van der Waals surface area contributed by atoms with E-state index in [1.54, 1.807) is 11.3 Å². The van der Waals surface area contributed by atoms with E-state index < -0.39 is 0 Å². The van der Waals surface area contributed by atoms with Crippen LogP contribution in [0, 0.1) is 0 Å². The van der Waals surface area contributed by atoms with Gasteiger partial charge < -0.3 is 9.31 Å². The zero-order valence-electron chi connectivity index (χ0n) is 11.6. The quantitative estimate of drug-likeness (QED) is 0.522. The van der Waals surface area contributed by atoms with Gasteiger partial charge >= 0.3 is 7.69 Å². The summed E-state index contributed by atoms with van der Waals surface area (Å²) in [4.78, 5) is 4.31. The molecule has 105 valence electrons. The molecule has 0 bridgehead atoms. The van der Waals surface area contributed by atoms with Gasteiger partial charge in [0.2, 0.25) is 0 Å². The maximum atomic E-state index is 5.68. The normalized spacial score (nSPS) is 10.7. The van der Waals surface area contributed by atoms with Crippen LogP contribution in [-0.4, -0.2) is 12.7 Å². The Labute approximate surface area is 132 Å². The van der Waals surface area contributed by atoms with Crippen LogP contribution in [0.1, 0.15) is 0 Å². The standard InChI is InChI=1S/C17H11BNO2S/c1-2-7-13-12(5-1)6-3-8-14(13)20-18-21-15-9-4-10-16-17(15)19-11-22-16/h1-11H. The fourth-order valence-electron chi connectivity index (χ4n) is 2.38. The Morgan fingerprint density at radius 2 is 1.59 bits per heavy atom. The highest BCUT2D eigenvalue weighted by atomic mass is 32.1. The second-order valence-corrected chi connectivity index (χ2v) is 5.65. The maximum absolute atomic E-state index is 5.68. The highest BCUT2D eigenvalue weighted by Gasteiger charge is 2.08. The molecule has 0 fully saturated rings. The number of rotatable bonds is 4. The van der Waals surface area contributed by atoms with Crippen LogP contribution in [0.4, 0.5) is 0 Å². The van der Waals surface area contributed by atoms with Crippen LogP contribution in [-0.2, 0) is 0 Å². The van der Waals surface area contributed by atoms with E-state index in [1.165, 1.54) is 7.69 Å². The van der Waals surface area contributed by atoms with Crippen LogP contribution in [0.25, 0.3) is 21.0 Å². The summed E-state index contributed by atoms with van der Waals surface area (Å²) in [6, 6.07) is 19.9. The lowest BCUT2D eigenvalue weighted by molar-refractivity contribution is 0.464. The van der Waals surface area contributed by atoms with Crippen molar-refractivity contribution in [3.05, 3.63) is 66.2 Å². The van der Waals surface area contributed by atoms with Gasteiger partial charge in [0, 0.05) is 5.39 Å². The molecule has 4 rings (SSSR count). The fraction of sp³-hybridized carbons (Fsp3) is 0. The number of benzene rings is 3. The van der Waals surface area contributed by atoms with Gasteiger partial charge in [0.15, 0.2) is 0 Å². The van der Waals surface area contributed by atoms with Crippen molar-refractivity contribution >= 4 is 40.0 Å². The molecule has 0 aliphatic rings. The largest absolute Gasteiger partial charge is 0.658 e. The predicted molar refractivity (Wildman–Crippen MR) is 90.6 cm³/mol. The maximum Gasteiger partial charge on any atom is 0.658 e. The van der Waals surface area contributed by atoms with Gasteiger partial charge in [0.1, 0.15) is 17.0 Å². The average molecular weight is 304 g/mol. The third-order valence-electron chi connectivity index (χ3n) is 3.42. The number of hydrogen-bond acceptors (Lipinski definition) is 4. The molecule has 0 amide bonds. The van der Waals surface area contributed by atoms with Crippen LogP contribution in [0.2, 0.25) is 0 Å². The summed E-state index contributed by atoms with van der Waals surface area (Å²) in [6.07, 6.45) is 0. The lowest BCUT2D eigenvalue weighted by atomic mass is 10.1. The Kier molecular flexibility index (Phi) is 3.41. The van der Waals surface area contributed by atoms with Crippen molar-refractivity contribution in [1.29, 1.82) is 0 Å². The zero-order valence-corrected chi connectivity index (χ0v) is 12.4. The summed E-state index contributed by atoms with van der Waals surface area (Å²) < 4.78 is 12.4. The molecule has 3 aromatic carbocycles. The highest BCUT2D eigenvalue weighted by molar-refractivity contribution is 7.16. The molecule has 5 heteroatoms. The van der Waals surface area contributed by atoms with Crippen LogP contribution in [0.15, 0.2) is 66.2 Å². The molecule has 0 saturated carbocycles. The molecule has 0 unspecified atom stereocenters. The summed E-state index contributed by atoms with van der Waals surface area (Å²) in [5.41, 5.74) is 2.66. The minimum Gasteiger partial charge on any atom is -0.526 e. The smallest absolute Gasteiger partial charge is 0.526 e. The Morgan fingerprint density at radius 3 is 2.59 bits per heavy atom. The van der Waals surface area contributed by atoms with Crippen molar-refractivity contribution in [1.82, 2.24) is 4.98 Å². The SMILES string of the molecule is [B](Oc1cccc2ccccc12)Oc1cccc2scnc12. The third kappa shape index (κ3) is 2.40. The van der Waals surface area contributed by atoms with Crippen LogP contribution >= 0.6 is 11.3 Å². The molecule has 4 aromatic rings. The van der Waals surface area contributed by atoms with Crippen molar-refractivity contribution in [2.45, 2.75) is 0 Å². The first-order chi connectivity index (χ1) is 10.9. The van der Waals surface area contributed by atoms with Gasteiger partial charge in [-0.05, 0) is 23.6 Å². The van der Waals surface area contributed by atoms with Crippen LogP contribution in [0.5, 0.6) is 11.5 Å². The van der Waals surface area contributed by atoms with Gasteiger partial charge in [-0.3, -0.25) is 0 Å². The molecule has 0 aliphatic heterocycles. The lowest BCUT2D eigenvalue weighted by Crippen LogP contribution is -2.11. The van der Waals surface area contributed by atoms with Crippen molar-refractivity contribution in [3.63, 3.8) is 0 Å². The summed E-state index contributed by atoms with van der Waals surface area (Å²) >= 11 is 1.59. The topological polar surface area (TPSA) is 31.4 Å². The molecule has 1 aromatic heterocycles. The molecule has 0 atom stereocenters. The van der Waals surface area contributed by atoms with E-state index in [1.807, 2.05) is 54.0 Å². The molecule has 22 heavy (non-hydrogen) atoms. The van der Waals surface area contributed by atoms with Gasteiger partial charge in [0.25, 0.3) is 0 Å². The van der Waals surface area contributed by atoms with Gasteiger partial charge in [-0.25, -0.2) is 4.98 Å². The Bertz CT molecular complexity index is 933.